The Balaban J connectivity index is 0.862. The van der Waals surface area contributed by atoms with Crippen molar-refractivity contribution in [2.24, 2.45) is 0 Å². The van der Waals surface area contributed by atoms with Crippen LogP contribution in [0.2, 0.25) is 0 Å². The zero-order valence-electron chi connectivity index (χ0n) is 45.3. The highest BCUT2D eigenvalue weighted by Crippen LogP contribution is 2.65. The first-order valence-electron chi connectivity index (χ1n) is 29.2. The van der Waals surface area contributed by atoms with E-state index in [0.717, 1.165) is 11.4 Å². The van der Waals surface area contributed by atoms with Gasteiger partial charge >= 0.3 is 0 Å². The lowest BCUT2D eigenvalue weighted by molar-refractivity contribution is 0.794. The van der Waals surface area contributed by atoms with Crippen LogP contribution in [0.15, 0.2) is 297 Å². The Hall–Kier alpha value is -10.5. The molecule has 0 aromatic heterocycles. The second-order valence-corrected chi connectivity index (χ2v) is 23.3. The number of hydrogen-bond acceptors (Lipinski definition) is 2. The van der Waals surface area contributed by atoms with Gasteiger partial charge < -0.3 is 9.80 Å². The van der Waals surface area contributed by atoms with E-state index in [1.807, 2.05) is 0 Å². The average Bonchev–Trinajstić information content (AvgIpc) is 2.51. The van der Waals surface area contributed by atoms with Gasteiger partial charge in [0.2, 0.25) is 0 Å². The minimum absolute atomic E-state index is 0.0825. The van der Waals surface area contributed by atoms with Crippen LogP contribution in [0.5, 0.6) is 0 Å². The molecule has 0 unspecified atom stereocenters. The highest BCUT2D eigenvalue weighted by molar-refractivity contribution is 7.00. The molecule has 2 nitrogen and oxygen atoms in total. The van der Waals surface area contributed by atoms with Crippen LogP contribution in [-0.2, 0) is 10.8 Å². The van der Waals surface area contributed by atoms with E-state index in [0.29, 0.717) is 0 Å². The van der Waals surface area contributed by atoms with Crippen LogP contribution >= 0.6 is 0 Å². The maximum Gasteiger partial charge on any atom is 0.252 e. The lowest BCUT2D eigenvalue weighted by atomic mass is 9.33. The van der Waals surface area contributed by atoms with Gasteiger partial charge in [0.05, 0.1) is 10.8 Å². The third-order valence-electron chi connectivity index (χ3n) is 19.7. The van der Waals surface area contributed by atoms with Gasteiger partial charge in [0.1, 0.15) is 0 Å². The summed E-state index contributed by atoms with van der Waals surface area (Å²) in [6, 6.07) is 113. The van der Waals surface area contributed by atoms with E-state index in [1.54, 1.807) is 0 Å². The normalized spacial score (nSPS) is 14.6. The van der Waals surface area contributed by atoms with E-state index >= 15 is 0 Å². The highest BCUT2D eigenvalue weighted by Gasteiger charge is 2.54. The minimum Gasteiger partial charge on any atom is -0.311 e. The first-order valence-corrected chi connectivity index (χ1v) is 29.2. The summed E-state index contributed by atoms with van der Waals surface area (Å²) in [4.78, 5) is 5.18. The van der Waals surface area contributed by atoms with Crippen molar-refractivity contribution in [1.82, 2.24) is 0 Å². The summed E-state index contributed by atoms with van der Waals surface area (Å²) in [6.45, 7) is -0.0825. The fraction of sp³-hybridized carbons (Fsp3) is 0.0250. The van der Waals surface area contributed by atoms with E-state index < -0.39 is 10.8 Å². The van der Waals surface area contributed by atoms with Gasteiger partial charge in [-0.1, -0.05) is 249 Å². The number of fused-ring (bicyclic) bond motifs is 24. The molecule has 2 spiro atoms. The number of benzene rings is 13. The maximum absolute atomic E-state index is 2.59. The molecule has 382 valence electrons. The number of rotatable bonds is 4. The van der Waals surface area contributed by atoms with E-state index in [-0.39, 0.29) is 6.71 Å². The van der Waals surface area contributed by atoms with Crippen LogP contribution in [0.1, 0.15) is 44.5 Å². The van der Waals surface area contributed by atoms with Gasteiger partial charge in [0.25, 0.3) is 6.71 Å². The molecule has 13 aromatic carbocycles. The summed E-state index contributed by atoms with van der Waals surface area (Å²) >= 11 is 0. The molecular formula is C80H49BN2. The number of anilines is 6. The van der Waals surface area contributed by atoms with Crippen LogP contribution in [0.25, 0.3) is 66.8 Å². The Morgan fingerprint density at radius 3 is 0.892 bits per heavy atom. The minimum atomic E-state index is -0.430. The molecule has 0 saturated heterocycles. The summed E-state index contributed by atoms with van der Waals surface area (Å²) < 4.78 is 0. The summed E-state index contributed by atoms with van der Waals surface area (Å²) in [5, 5.41) is 0. The molecule has 0 fully saturated rings. The Morgan fingerprint density at radius 2 is 0.530 bits per heavy atom. The van der Waals surface area contributed by atoms with Gasteiger partial charge in [0, 0.05) is 34.1 Å². The predicted octanol–water partition coefficient (Wildman–Crippen LogP) is 17.8. The van der Waals surface area contributed by atoms with Gasteiger partial charge in [-0.05, 0) is 176 Å². The molecule has 19 rings (SSSR count). The summed E-state index contributed by atoms with van der Waals surface area (Å²) in [6.07, 6.45) is 0. The third-order valence-corrected chi connectivity index (χ3v) is 19.7. The van der Waals surface area contributed by atoms with Crippen molar-refractivity contribution in [3.05, 3.63) is 342 Å². The molecule has 0 radical (unpaired) electrons. The van der Waals surface area contributed by atoms with Crippen LogP contribution in [0.4, 0.5) is 34.1 Å². The van der Waals surface area contributed by atoms with Gasteiger partial charge in [-0.15, -0.1) is 0 Å². The van der Waals surface area contributed by atoms with Crippen molar-refractivity contribution in [3.63, 3.8) is 0 Å². The van der Waals surface area contributed by atoms with Gasteiger partial charge in [0.15, 0.2) is 0 Å². The molecule has 3 heteroatoms. The molecule has 83 heavy (non-hydrogen) atoms. The second kappa shape index (κ2) is 16.6. The van der Waals surface area contributed by atoms with E-state index in [1.165, 1.54) is 150 Å². The van der Waals surface area contributed by atoms with Gasteiger partial charge in [-0.2, -0.15) is 0 Å². The Kier molecular flexibility index (Phi) is 9.04. The summed E-state index contributed by atoms with van der Waals surface area (Å²) in [5.74, 6) is 0. The molecule has 13 aromatic rings. The van der Waals surface area contributed by atoms with E-state index in [9.17, 15) is 0 Å². The fourth-order valence-corrected chi connectivity index (χ4v) is 16.6. The molecule has 0 atom stereocenters. The molecule has 2 heterocycles. The molecule has 0 bridgehead atoms. The largest absolute Gasteiger partial charge is 0.311 e. The first kappa shape index (κ1) is 45.3. The third kappa shape index (κ3) is 5.74. The second-order valence-electron chi connectivity index (χ2n) is 23.3. The molecule has 6 aliphatic rings. The predicted molar refractivity (Wildman–Crippen MR) is 344 cm³/mol. The molecule has 2 aliphatic heterocycles. The first-order chi connectivity index (χ1) is 41.2. The molecule has 0 N–H and O–H groups in total. The Labute approximate surface area is 483 Å². The van der Waals surface area contributed by atoms with Crippen LogP contribution in [0, 0.1) is 0 Å². The van der Waals surface area contributed by atoms with Crippen molar-refractivity contribution in [1.29, 1.82) is 0 Å². The lowest BCUT2D eigenvalue weighted by Crippen LogP contribution is -2.61. The zero-order valence-corrected chi connectivity index (χ0v) is 45.3. The Bertz CT molecular complexity index is 4560. The van der Waals surface area contributed by atoms with Crippen molar-refractivity contribution in [2.75, 3.05) is 9.80 Å². The molecule has 4 aliphatic carbocycles. The van der Waals surface area contributed by atoms with Crippen LogP contribution in [-0.4, -0.2) is 6.71 Å². The van der Waals surface area contributed by atoms with Crippen molar-refractivity contribution in [3.8, 4) is 66.8 Å². The summed E-state index contributed by atoms with van der Waals surface area (Å²) in [5.41, 5.74) is 36.1. The van der Waals surface area contributed by atoms with Gasteiger partial charge in [-0.25, -0.2) is 0 Å². The zero-order chi connectivity index (χ0) is 54.1. The van der Waals surface area contributed by atoms with E-state index in [2.05, 4.69) is 307 Å². The maximum atomic E-state index is 2.59. The van der Waals surface area contributed by atoms with Crippen molar-refractivity contribution in [2.45, 2.75) is 10.8 Å². The number of nitrogens with zero attached hydrogens (tertiary/aromatic N) is 2. The lowest BCUT2D eigenvalue weighted by Gasteiger charge is -2.44. The average molecular weight is 1050 g/mol. The highest BCUT2D eigenvalue weighted by atomic mass is 15.2. The summed E-state index contributed by atoms with van der Waals surface area (Å²) in [7, 11) is 0. The standard InChI is InChI=1S/C80H49BN2/c1-3-20-50(21-4-1)52-38-44-74-72(46-52)81-73-47-53(51-22-5-2-6-23-51)39-45-75(73)83(55-41-43-71-63(49-55)61-29-12-18-35-69(61)80(71)66-32-15-9-26-58(66)59-27-10-16-33-67(59)80)77-37-19-36-76(78(77)81)82(74)54-40-42-70-62(48-54)60-28-11-17-34-68(60)79(70)64-30-13-7-24-56(64)57-25-8-14-31-65(57)79/h1-49H. The fourth-order valence-electron chi connectivity index (χ4n) is 16.6. The van der Waals surface area contributed by atoms with Gasteiger partial charge in [-0.3, -0.25) is 0 Å². The smallest absolute Gasteiger partial charge is 0.252 e. The number of hydrogen-bond donors (Lipinski definition) is 0. The molecular weight excluding hydrogens is 1000 g/mol. The Morgan fingerprint density at radius 1 is 0.217 bits per heavy atom. The molecule has 0 saturated carbocycles. The van der Waals surface area contributed by atoms with E-state index in [4.69, 9.17) is 0 Å². The van der Waals surface area contributed by atoms with Crippen LogP contribution in [0.3, 0.4) is 0 Å². The topological polar surface area (TPSA) is 6.48 Å². The van der Waals surface area contributed by atoms with Crippen molar-refractivity contribution >= 4 is 57.2 Å². The van der Waals surface area contributed by atoms with Crippen molar-refractivity contribution < 1.29 is 0 Å². The monoisotopic (exact) mass is 1050 g/mol. The quantitative estimate of drug-likeness (QED) is 0.162. The van der Waals surface area contributed by atoms with Crippen LogP contribution < -0.4 is 26.2 Å². The SMILES string of the molecule is c1ccc(-c2ccc3c(c2)B2c4cc(-c5ccccc5)ccc4N(c4ccc5c(c4)-c4ccccc4C54c5ccccc5-c5ccccc54)c4cccc(c42)N3c2ccc3c(c2)-c2ccccc2C32c3ccccc3-c3ccccc32)cc1. The molecule has 0 amide bonds.